The molecule has 0 fully saturated rings. The predicted molar refractivity (Wildman–Crippen MR) is 67.4 cm³/mol. The van der Waals surface area contributed by atoms with E-state index in [0.29, 0.717) is 5.69 Å². The molecule has 1 aromatic rings. The van der Waals surface area contributed by atoms with Gasteiger partial charge in [0.1, 0.15) is 4.90 Å². The Morgan fingerprint density at radius 1 is 1.35 bits per heavy atom. The second-order valence-corrected chi connectivity index (χ2v) is 7.22. The van der Waals surface area contributed by atoms with Gasteiger partial charge in [0.15, 0.2) is 0 Å². The van der Waals surface area contributed by atoms with Gasteiger partial charge in [0.25, 0.3) is 0 Å². The van der Waals surface area contributed by atoms with Crippen LogP contribution in [0.2, 0.25) is 0 Å². The third-order valence-electron chi connectivity index (χ3n) is 2.19. The first-order valence-electron chi connectivity index (χ1n) is 5.60. The highest BCUT2D eigenvalue weighted by atomic mass is 32.2. The highest BCUT2D eigenvalue weighted by Crippen LogP contribution is 2.27. The third-order valence-corrected chi connectivity index (χ3v) is 3.85. The van der Waals surface area contributed by atoms with Gasteiger partial charge in [-0.25, -0.2) is 13.1 Å². The van der Waals surface area contributed by atoms with Gasteiger partial charge in [-0.2, -0.15) is 5.10 Å². The van der Waals surface area contributed by atoms with Crippen LogP contribution in [0, 0.1) is 0 Å². The molecule has 6 heteroatoms. The van der Waals surface area contributed by atoms with Gasteiger partial charge in [-0.15, -0.1) is 0 Å². The molecule has 17 heavy (non-hydrogen) atoms. The molecule has 1 aromatic heterocycles. The Balaban J connectivity index is 3.32. The van der Waals surface area contributed by atoms with Crippen LogP contribution in [-0.4, -0.2) is 24.2 Å². The molecule has 0 amide bonds. The lowest BCUT2D eigenvalue weighted by atomic mass is 9.92. The molecule has 0 aliphatic carbocycles. The van der Waals surface area contributed by atoms with Crippen molar-refractivity contribution in [3.05, 3.63) is 11.9 Å². The summed E-state index contributed by atoms with van der Waals surface area (Å²) in [5, 5.41) is 4.25. The van der Waals surface area contributed by atoms with Crippen molar-refractivity contribution in [3.8, 4) is 0 Å². The van der Waals surface area contributed by atoms with Crippen LogP contribution in [0.3, 0.4) is 0 Å². The normalized spacial score (nSPS) is 13.4. The second kappa shape index (κ2) is 4.42. The fourth-order valence-electron chi connectivity index (χ4n) is 1.56. The minimum atomic E-state index is -3.49. The molecule has 1 heterocycles. The fourth-order valence-corrected chi connectivity index (χ4v) is 3.20. The number of sulfonamides is 1. The van der Waals surface area contributed by atoms with E-state index in [4.69, 9.17) is 0 Å². The third kappa shape index (κ3) is 3.29. The smallest absolute Gasteiger partial charge is 0.244 e. The summed E-state index contributed by atoms with van der Waals surface area (Å²) in [5.41, 5.74) is 0.288. The molecule has 0 unspecified atom stereocenters. The average molecular weight is 259 g/mol. The number of hydrogen-bond donors (Lipinski definition) is 1. The van der Waals surface area contributed by atoms with E-state index in [1.54, 1.807) is 27.1 Å². The molecule has 0 saturated carbocycles. The van der Waals surface area contributed by atoms with Gasteiger partial charge in [0.05, 0.1) is 5.69 Å². The van der Waals surface area contributed by atoms with Gasteiger partial charge < -0.3 is 0 Å². The summed E-state index contributed by atoms with van der Waals surface area (Å²) in [7, 11) is -1.76. The van der Waals surface area contributed by atoms with Crippen molar-refractivity contribution in [2.24, 2.45) is 7.05 Å². The maximum Gasteiger partial charge on any atom is 0.244 e. The van der Waals surface area contributed by atoms with E-state index in [0.717, 1.165) is 0 Å². The van der Waals surface area contributed by atoms with E-state index in [1.165, 1.54) is 4.68 Å². The lowest BCUT2D eigenvalue weighted by Gasteiger charge is -2.18. The Bertz CT molecular complexity index is 495. The van der Waals surface area contributed by atoms with E-state index >= 15 is 0 Å². The summed E-state index contributed by atoms with van der Waals surface area (Å²) in [6, 6.07) is -0.131. The van der Waals surface area contributed by atoms with Crippen LogP contribution in [0.5, 0.6) is 0 Å². The summed E-state index contributed by atoms with van der Waals surface area (Å²) in [5.74, 6) is 0. The van der Waals surface area contributed by atoms with Crippen molar-refractivity contribution < 1.29 is 8.42 Å². The van der Waals surface area contributed by atoms with Crippen molar-refractivity contribution >= 4 is 10.0 Å². The van der Waals surface area contributed by atoms with Gasteiger partial charge in [-0.05, 0) is 13.8 Å². The molecule has 0 aliphatic rings. The van der Waals surface area contributed by atoms with E-state index in [1.807, 2.05) is 20.8 Å². The zero-order chi connectivity index (χ0) is 13.4. The average Bonchev–Trinajstić information content (AvgIpc) is 2.44. The molecule has 98 valence electrons. The minimum absolute atomic E-state index is 0.131. The molecule has 0 aliphatic heterocycles. The number of hydrogen-bond acceptors (Lipinski definition) is 3. The summed E-state index contributed by atoms with van der Waals surface area (Å²) < 4.78 is 28.4. The molecule has 0 radical (unpaired) electrons. The first-order valence-corrected chi connectivity index (χ1v) is 7.09. The Labute approximate surface area is 103 Å². The van der Waals surface area contributed by atoms with E-state index in [9.17, 15) is 8.42 Å². The molecule has 5 nitrogen and oxygen atoms in total. The lowest BCUT2D eigenvalue weighted by Crippen LogP contribution is -2.31. The van der Waals surface area contributed by atoms with E-state index in [-0.39, 0.29) is 16.4 Å². The van der Waals surface area contributed by atoms with Gasteiger partial charge in [-0.3, -0.25) is 4.68 Å². The van der Waals surface area contributed by atoms with Gasteiger partial charge in [-0.1, -0.05) is 20.8 Å². The van der Waals surface area contributed by atoms with Crippen LogP contribution < -0.4 is 4.72 Å². The highest BCUT2D eigenvalue weighted by Gasteiger charge is 2.29. The van der Waals surface area contributed by atoms with Crippen molar-refractivity contribution in [3.63, 3.8) is 0 Å². The first kappa shape index (κ1) is 14.2. The van der Waals surface area contributed by atoms with Crippen LogP contribution in [0.4, 0.5) is 0 Å². The van der Waals surface area contributed by atoms with Crippen LogP contribution >= 0.6 is 0 Å². The summed E-state index contributed by atoms with van der Waals surface area (Å²) in [6.45, 7) is 9.44. The zero-order valence-electron chi connectivity index (χ0n) is 11.3. The largest absolute Gasteiger partial charge is 0.274 e. The van der Waals surface area contributed by atoms with Crippen LogP contribution in [0.15, 0.2) is 11.1 Å². The quantitative estimate of drug-likeness (QED) is 0.892. The Morgan fingerprint density at radius 2 is 1.88 bits per heavy atom. The standard InChI is InChI=1S/C11H21N3O2S/c1-8(2)13-17(15,16)9-7-14(6)12-10(9)11(3,4)5/h7-8,13H,1-6H3. The summed E-state index contributed by atoms with van der Waals surface area (Å²) in [6.07, 6.45) is 1.55. The number of aryl methyl sites for hydroxylation is 1. The maximum absolute atomic E-state index is 12.2. The summed E-state index contributed by atoms with van der Waals surface area (Å²) >= 11 is 0. The number of nitrogens with one attached hydrogen (secondary N) is 1. The molecule has 0 atom stereocenters. The fraction of sp³-hybridized carbons (Fsp3) is 0.727. The zero-order valence-corrected chi connectivity index (χ0v) is 12.1. The van der Waals surface area contributed by atoms with Crippen molar-refractivity contribution in [1.29, 1.82) is 0 Å². The number of aromatic nitrogens is 2. The molecule has 1 N–H and O–H groups in total. The monoisotopic (exact) mass is 259 g/mol. The molecule has 0 aromatic carbocycles. The van der Waals surface area contributed by atoms with E-state index < -0.39 is 10.0 Å². The Kier molecular flexibility index (Phi) is 3.69. The predicted octanol–water partition coefficient (Wildman–Crippen LogP) is 1.40. The van der Waals surface area contributed by atoms with Gasteiger partial charge in [0, 0.05) is 24.7 Å². The van der Waals surface area contributed by atoms with Crippen molar-refractivity contribution in [1.82, 2.24) is 14.5 Å². The molecule has 0 bridgehead atoms. The Morgan fingerprint density at radius 3 is 2.29 bits per heavy atom. The molecular weight excluding hydrogens is 238 g/mol. The highest BCUT2D eigenvalue weighted by molar-refractivity contribution is 7.89. The van der Waals surface area contributed by atoms with Crippen LogP contribution in [-0.2, 0) is 22.5 Å². The number of nitrogens with zero attached hydrogens (tertiary/aromatic N) is 2. The number of rotatable bonds is 3. The summed E-state index contributed by atoms with van der Waals surface area (Å²) in [4.78, 5) is 0.265. The lowest BCUT2D eigenvalue weighted by molar-refractivity contribution is 0.533. The second-order valence-electron chi connectivity index (χ2n) is 5.54. The molecule has 0 saturated heterocycles. The molecule has 1 rings (SSSR count). The Hall–Kier alpha value is -0.880. The van der Waals surface area contributed by atoms with Gasteiger partial charge in [0.2, 0.25) is 10.0 Å². The maximum atomic E-state index is 12.2. The topological polar surface area (TPSA) is 64.0 Å². The molecule has 0 spiro atoms. The van der Waals surface area contributed by atoms with Crippen LogP contribution in [0.1, 0.15) is 40.3 Å². The first-order chi connectivity index (χ1) is 7.54. The van der Waals surface area contributed by atoms with Crippen molar-refractivity contribution in [2.75, 3.05) is 0 Å². The van der Waals surface area contributed by atoms with E-state index in [2.05, 4.69) is 9.82 Å². The van der Waals surface area contributed by atoms with Crippen LogP contribution in [0.25, 0.3) is 0 Å². The SMILES string of the molecule is CC(C)NS(=O)(=O)c1cn(C)nc1C(C)(C)C. The molecular formula is C11H21N3O2S. The van der Waals surface area contributed by atoms with Crippen molar-refractivity contribution in [2.45, 2.75) is 51.0 Å². The minimum Gasteiger partial charge on any atom is -0.274 e. The van der Waals surface area contributed by atoms with Gasteiger partial charge >= 0.3 is 0 Å².